The van der Waals surface area contributed by atoms with Crippen LogP contribution in [0.1, 0.15) is 12.5 Å². The van der Waals surface area contributed by atoms with E-state index in [2.05, 4.69) is 5.32 Å². The minimum atomic E-state index is -0.179. The van der Waals surface area contributed by atoms with Gasteiger partial charge in [-0.2, -0.15) is 0 Å². The monoisotopic (exact) mass is 160 g/mol. The van der Waals surface area contributed by atoms with Crippen LogP contribution < -0.4 is 5.32 Å². The third-order valence-electron chi connectivity index (χ3n) is 1.32. The molecule has 1 aromatic rings. The molecule has 0 heterocycles. The Morgan fingerprint density at radius 1 is 1.33 bits per heavy atom. The lowest BCUT2D eigenvalue weighted by molar-refractivity contribution is -0.118. The zero-order valence-electron chi connectivity index (χ0n) is 6.90. The normalized spacial score (nSPS) is 10.1. The predicted octanol–water partition coefficient (Wildman–Crippen LogP) is 1.81. The molecular weight excluding hydrogens is 150 g/mol. The third-order valence-corrected chi connectivity index (χ3v) is 1.32. The van der Waals surface area contributed by atoms with Gasteiger partial charge in [-0.05, 0) is 11.6 Å². The van der Waals surface area contributed by atoms with Crippen LogP contribution >= 0.6 is 0 Å². The SMILES string of the molecule is CC(=O)[N]C=Cc1ccccc1. The molecule has 0 aromatic heterocycles. The molecule has 1 aromatic carbocycles. The van der Waals surface area contributed by atoms with E-state index in [1.807, 2.05) is 30.3 Å². The molecule has 2 heteroatoms. The van der Waals surface area contributed by atoms with Gasteiger partial charge in [0.2, 0.25) is 5.91 Å². The van der Waals surface area contributed by atoms with E-state index in [0.717, 1.165) is 5.56 Å². The number of carbonyl (C=O) groups excluding carboxylic acids is 1. The first-order chi connectivity index (χ1) is 5.79. The summed E-state index contributed by atoms with van der Waals surface area (Å²) in [6.07, 6.45) is 3.30. The molecular formula is C10H10NO. The second kappa shape index (κ2) is 4.34. The fourth-order valence-electron chi connectivity index (χ4n) is 0.792. The highest BCUT2D eigenvalue weighted by molar-refractivity contribution is 5.74. The van der Waals surface area contributed by atoms with Crippen molar-refractivity contribution in [2.75, 3.05) is 0 Å². The topological polar surface area (TPSA) is 31.2 Å². The summed E-state index contributed by atoms with van der Waals surface area (Å²) in [7, 11) is 0. The van der Waals surface area contributed by atoms with Crippen molar-refractivity contribution < 1.29 is 4.79 Å². The summed E-state index contributed by atoms with van der Waals surface area (Å²) in [5.74, 6) is -0.179. The minimum absolute atomic E-state index is 0.179. The maximum Gasteiger partial charge on any atom is 0.242 e. The maximum absolute atomic E-state index is 10.4. The first kappa shape index (κ1) is 8.53. The van der Waals surface area contributed by atoms with E-state index in [4.69, 9.17) is 0 Å². The second-order valence-electron chi connectivity index (χ2n) is 2.37. The minimum Gasteiger partial charge on any atom is -0.273 e. The van der Waals surface area contributed by atoms with Crippen molar-refractivity contribution in [2.45, 2.75) is 6.92 Å². The Balaban J connectivity index is 2.52. The van der Waals surface area contributed by atoms with Crippen LogP contribution in [0.5, 0.6) is 0 Å². The molecule has 0 unspecified atom stereocenters. The summed E-state index contributed by atoms with van der Waals surface area (Å²) in [4.78, 5) is 10.4. The lowest BCUT2D eigenvalue weighted by atomic mass is 10.2. The molecule has 0 atom stereocenters. The quantitative estimate of drug-likeness (QED) is 0.649. The third kappa shape index (κ3) is 3.01. The van der Waals surface area contributed by atoms with E-state index >= 15 is 0 Å². The number of rotatable bonds is 2. The van der Waals surface area contributed by atoms with Crippen molar-refractivity contribution in [2.24, 2.45) is 0 Å². The van der Waals surface area contributed by atoms with Gasteiger partial charge in [0, 0.05) is 13.1 Å². The van der Waals surface area contributed by atoms with Crippen molar-refractivity contribution in [1.29, 1.82) is 0 Å². The Morgan fingerprint density at radius 2 is 2.00 bits per heavy atom. The molecule has 61 valence electrons. The number of nitrogens with zero attached hydrogens (tertiary/aromatic N) is 1. The molecule has 1 rings (SSSR count). The van der Waals surface area contributed by atoms with Gasteiger partial charge in [-0.1, -0.05) is 30.3 Å². The highest BCUT2D eigenvalue weighted by atomic mass is 16.1. The van der Waals surface area contributed by atoms with Crippen LogP contribution in [0.2, 0.25) is 0 Å². The van der Waals surface area contributed by atoms with E-state index < -0.39 is 0 Å². The van der Waals surface area contributed by atoms with Crippen LogP contribution in [0.15, 0.2) is 36.5 Å². The molecule has 0 saturated heterocycles. The van der Waals surface area contributed by atoms with Crippen LogP contribution in [0.3, 0.4) is 0 Å². The van der Waals surface area contributed by atoms with Crippen molar-refractivity contribution in [1.82, 2.24) is 5.32 Å². The van der Waals surface area contributed by atoms with Crippen LogP contribution in [0, 0.1) is 0 Å². The highest BCUT2D eigenvalue weighted by Gasteiger charge is 1.86. The molecule has 1 amide bonds. The van der Waals surface area contributed by atoms with Gasteiger partial charge in [-0.25, -0.2) is 5.32 Å². The van der Waals surface area contributed by atoms with Gasteiger partial charge in [0.25, 0.3) is 0 Å². The van der Waals surface area contributed by atoms with Gasteiger partial charge in [-0.15, -0.1) is 0 Å². The lowest BCUT2D eigenvalue weighted by Crippen LogP contribution is -2.01. The first-order valence-electron chi connectivity index (χ1n) is 3.72. The van der Waals surface area contributed by atoms with E-state index in [9.17, 15) is 4.79 Å². The Morgan fingerprint density at radius 3 is 2.58 bits per heavy atom. The summed E-state index contributed by atoms with van der Waals surface area (Å²) in [5.41, 5.74) is 1.04. The molecule has 1 radical (unpaired) electrons. The van der Waals surface area contributed by atoms with Crippen LogP contribution in [-0.4, -0.2) is 5.91 Å². The fraction of sp³-hybridized carbons (Fsp3) is 0.100. The van der Waals surface area contributed by atoms with E-state index in [-0.39, 0.29) is 5.91 Å². The van der Waals surface area contributed by atoms with Gasteiger partial charge in [0.15, 0.2) is 0 Å². The van der Waals surface area contributed by atoms with E-state index in [0.29, 0.717) is 0 Å². The first-order valence-corrected chi connectivity index (χ1v) is 3.72. The van der Waals surface area contributed by atoms with Crippen molar-refractivity contribution in [3.05, 3.63) is 42.1 Å². The number of hydrogen-bond donors (Lipinski definition) is 0. The largest absolute Gasteiger partial charge is 0.273 e. The molecule has 0 fully saturated rings. The van der Waals surface area contributed by atoms with Gasteiger partial charge < -0.3 is 0 Å². The standard InChI is InChI=1S/C10H10NO/c1-9(12)11-8-7-10-5-3-2-4-6-10/h2-8H,1H3. The van der Waals surface area contributed by atoms with Crippen molar-refractivity contribution in [3.63, 3.8) is 0 Å². The van der Waals surface area contributed by atoms with Gasteiger partial charge in [0.05, 0.1) is 0 Å². The predicted molar refractivity (Wildman–Crippen MR) is 48.3 cm³/mol. The van der Waals surface area contributed by atoms with Crippen LogP contribution in [0.25, 0.3) is 6.08 Å². The smallest absolute Gasteiger partial charge is 0.242 e. The van der Waals surface area contributed by atoms with Crippen molar-refractivity contribution >= 4 is 12.0 Å². The Kier molecular flexibility index (Phi) is 3.08. The molecule has 0 spiro atoms. The molecule has 2 nitrogen and oxygen atoms in total. The molecule has 0 bridgehead atoms. The summed E-state index contributed by atoms with van der Waals surface area (Å²) in [5, 5.41) is 3.60. The molecule has 0 saturated carbocycles. The molecule has 0 aliphatic heterocycles. The van der Waals surface area contributed by atoms with E-state index in [1.54, 1.807) is 6.08 Å². The molecule has 0 N–H and O–H groups in total. The number of benzene rings is 1. The number of carbonyl (C=O) groups is 1. The number of amides is 1. The average molecular weight is 160 g/mol. The summed E-state index contributed by atoms with van der Waals surface area (Å²) in [6, 6.07) is 9.72. The second-order valence-corrected chi connectivity index (χ2v) is 2.37. The lowest BCUT2D eigenvalue weighted by Gasteiger charge is -1.90. The van der Waals surface area contributed by atoms with Gasteiger partial charge in [0.1, 0.15) is 0 Å². The molecule has 12 heavy (non-hydrogen) atoms. The average Bonchev–Trinajstić information content (AvgIpc) is 2.05. The molecule has 0 aliphatic carbocycles. The zero-order valence-corrected chi connectivity index (χ0v) is 6.90. The molecule has 0 aliphatic rings. The fourth-order valence-corrected chi connectivity index (χ4v) is 0.792. The Labute approximate surface area is 71.9 Å². The zero-order chi connectivity index (χ0) is 8.81. The van der Waals surface area contributed by atoms with Crippen molar-refractivity contribution in [3.8, 4) is 0 Å². The maximum atomic E-state index is 10.4. The van der Waals surface area contributed by atoms with E-state index in [1.165, 1.54) is 13.1 Å². The summed E-state index contributed by atoms with van der Waals surface area (Å²) < 4.78 is 0. The number of hydrogen-bond acceptors (Lipinski definition) is 1. The van der Waals surface area contributed by atoms with Gasteiger partial charge >= 0.3 is 0 Å². The summed E-state index contributed by atoms with van der Waals surface area (Å²) >= 11 is 0. The van der Waals surface area contributed by atoms with Crippen LogP contribution in [-0.2, 0) is 4.79 Å². The highest BCUT2D eigenvalue weighted by Crippen LogP contribution is 1.99. The Hall–Kier alpha value is -1.57. The summed E-state index contributed by atoms with van der Waals surface area (Å²) in [6.45, 7) is 1.43. The van der Waals surface area contributed by atoms with Crippen LogP contribution in [0.4, 0.5) is 0 Å². The Bertz CT molecular complexity index is 277. The van der Waals surface area contributed by atoms with Gasteiger partial charge in [-0.3, -0.25) is 4.79 Å².